The topological polar surface area (TPSA) is 54.9 Å². The molecule has 0 N–H and O–H groups in total. The molecule has 0 radical (unpaired) electrons. The molecule has 6 heteroatoms. The van der Waals surface area contributed by atoms with Gasteiger partial charge in [0.25, 0.3) is 0 Å². The second-order valence-corrected chi connectivity index (χ2v) is 7.05. The van der Waals surface area contributed by atoms with Crippen LogP contribution in [0.25, 0.3) is 0 Å². The minimum atomic E-state index is -0.477. The van der Waals surface area contributed by atoms with Gasteiger partial charge in [-0.25, -0.2) is 4.79 Å². The summed E-state index contributed by atoms with van der Waals surface area (Å²) in [5.41, 5.74) is 0.507. The van der Waals surface area contributed by atoms with Crippen LogP contribution in [0.15, 0.2) is 18.5 Å². The zero-order valence-corrected chi connectivity index (χ0v) is 14.7. The number of rotatable bonds is 4. The Hall–Kier alpha value is -1.98. The van der Waals surface area contributed by atoms with Crippen LogP contribution >= 0.6 is 0 Å². The lowest BCUT2D eigenvalue weighted by Gasteiger charge is -2.28. The van der Waals surface area contributed by atoms with E-state index in [1.54, 1.807) is 17.3 Å². The minimum absolute atomic E-state index is 0.0489. The van der Waals surface area contributed by atoms with Crippen molar-refractivity contribution in [3.8, 4) is 5.75 Å². The fourth-order valence-electron chi connectivity index (χ4n) is 2.49. The Morgan fingerprint density at radius 2 is 2.13 bits per heavy atom. The first-order valence-corrected chi connectivity index (χ1v) is 8.01. The second-order valence-electron chi connectivity index (χ2n) is 7.05. The summed E-state index contributed by atoms with van der Waals surface area (Å²) >= 11 is 0. The average Bonchev–Trinajstić information content (AvgIpc) is 2.92. The molecule has 0 bridgehead atoms. The zero-order chi connectivity index (χ0) is 17.0. The highest BCUT2D eigenvalue weighted by Crippen LogP contribution is 2.23. The molecule has 6 nitrogen and oxygen atoms in total. The van der Waals surface area contributed by atoms with Gasteiger partial charge in [0.05, 0.1) is 24.1 Å². The monoisotopic (exact) mass is 321 g/mol. The van der Waals surface area contributed by atoms with Crippen LogP contribution in [-0.2, 0) is 4.74 Å². The zero-order valence-electron chi connectivity index (χ0n) is 14.7. The van der Waals surface area contributed by atoms with Gasteiger partial charge in [-0.15, -0.1) is 0 Å². The lowest BCUT2D eigenvalue weighted by atomic mass is 10.2. The third-order valence-electron chi connectivity index (χ3n) is 3.66. The van der Waals surface area contributed by atoms with Gasteiger partial charge in [0, 0.05) is 26.7 Å². The fraction of sp³-hybridized carbons (Fsp3) is 0.647. The SMILES string of the molecule is CN(C)c1cncc(OCC2CCCN2C(=O)OC(C)(C)C)c1. The first kappa shape index (κ1) is 17.4. The highest BCUT2D eigenvalue weighted by molar-refractivity contribution is 5.69. The van der Waals surface area contributed by atoms with Crippen molar-refractivity contribution < 1.29 is 14.3 Å². The molecular formula is C17H27N3O3. The molecule has 0 aliphatic carbocycles. The number of hydrogen-bond donors (Lipinski definition) is 0. The number of hydrogen-bond acceptors (Lipinski definition) is 5. The summed E-state index contributed by atoms with van der Waals surface area (Å²) in [7, 11) is 3.92. The molecule has 2 rings (SSSR count). The number of anilines is 1. The summed E-state index contributed by atoms with van der Waals surface area (Å²) in [6.07, 6.45) is 5.13. The van der Waals surface area contributed by atoms with E-state index in [-0.39, 0.29) is 12.1 Å². The largest absolute Gasteiger partial charge is 0.490 e. The predicted octanol–water partition coefficient (Wildman–Crippen LogP) is 2.93. The van der Waals surface area contributed by atoms with E-state index in [2.05, 4.69) is 4.98 Å². The van der Waals surface area contributed by atoms with Crippen molar-refractivity contribution in [2.45, 2.75) is 45.3 Å². The van der Waals surface area contributed by atoms with Crippen molar-refractivity contribution in [2.75, 3.05) is 32.1 Å². The molecule has 1 unspecified atom stereocenters. The molecule has 1 amide bonds. The van der Waals surface area contributed by atoms with E-state index in [4.69, 9.17) is 9.47 Å². The Morgan fingerprint density at radius 1 is 1.39 bits per heavy atom. The predicted molar refractivity (Wildman–Crippen MR) is 90.0 cm³/mol. The van der Waals surface area contributed by atoms with Crippen molar-refractivity contribution >= 4 is 11.8 Å². The number of carbonyl (C=O) groups excluding carboxylic acids is 1. The lowest BCUT2D eigenvalue weighted by Crippen LogP contribution is -2.42. The van der Waals surface area contributed by atoms with Crippen molar-refractivity contribution in [2.24, 2.45) is 0 Å². The molecule has 128 valence electrons. The van der Waals surface area contributed by atoms with Crippen molar-refractivity contribution in [1.29, 1.82) is 0 Å². The maximum Gasteiger partial charge on any atom is 0.410 e. The Morgan fingerprint density at radius 3 is 2.78 bits per heavy atom. The summed E-state index contributed by atoms with van der Waals surface area (Å²) in [5, 5.41) is 0. The van der Waals surface area contributed by atoms with E-state index in [0.717, 1.165) is 25.1 Å². The van der Waals surface area contributed by atoms with E-state index >= 15 is 0 Å². The Balaban J connectivity index is 1.94. The minimum Gasteiger partial charge on any atom is -0.490 e. The number of carbonyl (C=O) groups is 1. The summed E-state index contributed by atoms with van der Waals surface area (Å²) < 4.78 is 11.3. The van der Waals surface area contributed by atoms with E-state index in [1.165, 1.54) is 0 Å². The number of amides is 1. The molecule has 1 aromatic heterocycles. The van der Waals surface area contributed by atoms with Gasteiger partial charge in [0.1, 0.15) is 18.0 Å². The summed E-state index contributed by atoms with van der Waals surface area (Å²) in [4.78, 5) is 20.2. The molecule has 0 aromatic carbocycles. The van der Waals surface area contributed by atoms with Crippen LogP contribution in [0.4, 0.5) is 10.5 Å². The molecule has 23 heavy (non-hydrogen) atoms. The Kier molecular flexibility index (Phi) is 5.34. The second kappa shape index (κ2) is 7.06. The number of pyridine rings is 1. The highest BCUT2D eigenvalue weighted by Gasteiger charge is 2.32. The van der Waals surface area contributed by atoms with Gasteiger partial charge in [-0.3, -0.25) is 4.98 Å². The molecule has 1 atom stereocenters. The molecule has 1 aliphatic heterocycles. The van der Waals surface area contributed by atoms with Crippen molar-refractivity contribution in [1.82, 2.24) is 9.88 Å². The average molecular weight is 321 g/mol. The molecule has 1 aliphatic rings. The summed E-state index contributed by atoms with van der Waals surface area (Å²) in [6, 6.07) is 1.99. The molecule has 1 fully saturated rings. The van der Waals surface area contributed by atoms with E-state index in [0.29, 0.717) is 12.4 Å². The van der Waals surface area contributed by atoms with Gasteiger partial charge in [-0.05, 0) is 33.6 Å². The highest BCUT2D eigenvalue weighted by atomic mass is 16.6. The number of ether oxygens (including phenoxy) is 2. The van der Waals surface area contributed by atoms with Crippen LogP contribution in [0.3, 0.4) is 0 Å². The van der Waals surface area contributed by atoms with E-state index < -0.39 is 5.60 Å². The van der Waals surface area contributed by atoms with Gasteiger partial charge in [-0.2, -0.15) is 0 Å². The summed E-state index contributed by atoms with van der Waals surface area (Å²) in [5.74, 6) is 0.715. The fourth-order valence-corrected chi connectivity index (χ4v) is 2.49. The van der Waals surface area contributed by atoms with Crippen LogP contribution in [0, 0.1) is 0 Å². The van der Waals surface area contributed by atoms with Crippen LogP contribution in [0.2, 0.25) is 0 Å². The third kappa shape index (κ3) is 5.01. The first-order valence-electron chi connectivity index (χ1n) is 8.01. The number of aromatic nitrogens is 1. The van der Waals surface area contributed by atoms with Crippen LogP contribution in [0.5, 0.6) is 5.75 Å². The van der Waals surface area contributed by atoms with Crippen LogP contribution in [0.1, 0.15) is 33.6 Å². The third-order valence-corrected chi connectivity index (χ3v) is 3.66. The van der Waals surface area contributed by atoms with Crippen LogP contribution in [-0.4, -0.2) is 54.9 Å². The maximum atomic E-state index is 12.3. The van der Waals surface area contributed by atoms with Gasteiger partial charge in [-0.1, -0.05) is 0 Å². The van der Waals surface area contributed by atoms with Crippen molar-refractivity contribution in [3.05, 3.63) is 18.5 Å². The van der Waals surface area contributed by atoms with Gasteiger partial charge < -0.3 is 19.3 Å². The van der Waals surface area contributed by atoms with E-state index in [9.17, 15) is 4.79 Å². The summed E-state index contributed by atoms with van der Waals surface area (Å²) in [6.45, 7) is 6.82. The normalized spacial score (nSPS) is 18.0. The van der Waals surface area contributed by atoms with Crippen molar-refractivity contribution in [3.63, 3.8) is 0 Å². The molecule has 0 spiro atoms. The Labute approximate surface area is 138 Å². The molecular weight excluding hydrogens is 294 g/mol. The maximum absolute atomic E-state index is 12.3. The van der Waals surface area contributed by atoms with Gasteiger partial charge >= 0.3 is 6.09 Å². The first-order chi connectivity index (χ1) is 10.8. The lowest BCUT2D eigenvalue weighted by molar-refractivity contribution is 0.0187. The van der Waals surface area contributed by atoms with E-state index in [1.807, 2.05) is 45.8 Å². The quantitative estimate of drug-likeness (QED) is 0.853. The Bertz CT molecular complexity index is 540. The molecule has 1 saturated heterocycles. The smallest absolute Gasteiger partial charge is 0.410 e. The van der Waals surface area contributed by atoms with Gasteiger partial charge in [0.15, 0.2) is 0 Å². The standard InChI is InChI=1S/C17H27N3O3/c1-17(2,3)23-16(21)20-8-6-7-13(20)12-22-15-9-14(19(4)5)10-18-11-15/h9-11,13H,6-8,12H2,1-5H3. The van der Waals surface area contributed by atoms with Crippen LogP contribution < -0.4 is 9.64 Å². The number of likely N-dealkylation sites (tertiary alicyclic amines) is 1. The molecule has 1 aromatic rings. The van der Waals surface area contributed by atoms with Gasteiger partial charge in [0.2, 0.25) is 0 Å². The molecule has 2 heterocycles. The number of nitrogens with zero attached hydrogens (tertiary/aromatic N) is 3. The molecule has 0 saturated carbocycles.